The second kappa shape index (κ2) is 15.0. The minimum absolute atomic E-state index is 0.0904. The van der Waals surface area contributed by atoms with E-state index in [0.29, 0.717) is 23.7 Å². The third-order valence-corrected chi connectivity index (χ3v) is 4.74. The SMILES string of the molecule is N#C/C(CONCCN/C(O)=C\C(=C(\C#N)C=O)c1ccccc1)=C(/C(=C/O)N=N)c1ccccc1. The molecule has 0 aliphatic carbocycles. The van der Waals surface area contributed by atoms with Crippen molar-refractivity contribution >= 4 is 17.4 Å². The summed E-state index contributed by atoms with van der Waals surface area (Å²) in [6.07, 6.45) is 2.37. The maximum absolute atomic E-state index is 11.3. The molecular formula is C26H24N6O4. The van der Waals surface area contributed by atoms with E-state index in [2.05, 4.69) is 15.9 Å². The fraction of sp³-hybridized carbons (Fsp3) is 0.115. The van der Waals surface area contributed by atoms with Crippen LogP contribution in [0.1, 0.15) is 11.1 Å². The van der Waals surface area contributed by atoms with Gasteiger partial charge >= 0.3 is 0 Å². The predicted molar refractivity (Wildman–Crippen MR) is 133 cm³/mol. The molecule has 0 radical (unpaired) electrons. The van der Waals surface area contributed by atoms with Crippen LogP contribution in [0.3, 0.4) is 0 Å². The first-order valence-corrected chi connectivity index (χ1v) is 10.6. The number of allylic oxidation sites excluding steroid dienone is 4. The summed E-state index contributed by atoms with van der Waals surface area (Å²) in [6, 6.07) is 21.3. The number of aldehydes is 1. The van der Waals surface area contributed by atoms with E-state index < -0.39 is 0 Å². The Balaban J connectivity index is 2.01. The lowest BCUT2D eigenvalue weighted by atomic mass is 9.98. The quantitative estimate of drug-likeness (QED) is 0.0413. The van der Waals surface area contributed by atoms with Gasteiger partial charge in [0.25, 0.3) is 0 Å². The number of nitriles is 2. The summed E-state index contributed by atoms with van der Waals surface area (Å²) in [6.45, 7) is 0.238. The topological polar surface area (TPSA) is 175 Å². The third kappa shape index (κ3) is 7.78. The molecule has 0 saturated carbocycles. The Bertz CT molecular complexity index is 1250. The van der Waals surface area contributed by atoms with Gasteiger partial charge in [-0.2, -0.15) is 15.6 Å². The number of hydroxylamine groups is 1. The van der Waals surface area contributed by atoms with Crippen molar-refractivity contribution in [3.05, 3.63) is 107 Å². The molecule has 0 amide bonds. The molecule has 0 saturated heterocycles. The maximum atomic E-state index is 11.3. The fourth-order valence-electron chi connectivity index (χ4n) is 3.10. The van der Waals surface area contributed by atoms with Crippen molar-refractivity contribution < 1.29 is 19.8 Å². The molecule has 2 rings (SSSR count). The molecule has 2 aromatic carbocycles. The van der Waals surface area contributed by atoms with E-state index in [0.717, 1.165) is 0 Å². The molecule has 0 bridgehead atoms. The van der Waals surface area contributed by atoms with Crippen molar-refractivity contribution in [2.24, 2.45) is 5.11 Å². The van der Waals surface area contributed by atoms with Crippen molar-refractivity contribution in [1.82, 2.24) is 10.8 Å². The van der Waals surface area contributed by atoms with Crippen molar-refractivity contribution in [2.75, 3.05) is 19.7 Å². The Hall–Kier alpha value is -5.03. The van der Waals surface area contributed by atoms with Crippen LogP contribution in [0.4, 0.5) is 0 Å². The van der Waals surface area contributed by atoms with Gasteiger partial charge in [0, 0.05) is 30.3 Å². The molecule has 2 aromatic rings. The number of rotatable bonds is 13. The fourth-order valence-corrected chi connectivity index (χ4v) is 3.10. The summed E-state index contributed by atoms with van der Waals surface area (Å²) in [4.78, 5) is 16.6. The first kappa shape index (κ1) is 27.2. The van der Waals surface area contributed by atoms with Crippen molar-refractivity contribution in [2.45, 2.75) is 0 Å². The van der Waals surface area contributed by atoms with Crippen LogP contribution >= 0.6 is 0 Å². The Labute approximate surface area is 208 Å². The van der Waals surface area contributed by atoms with Gasteiger partial charge in [-0.15, -0.1) is 0 Å². The number of carbonyl (C=O) groups is 1. The molecule has 0 aliphatic heterocycles. The van der Waals surface area contributed by atoms with Gasteiger partial charge in [-0.3, -0.25) is 9.63 Å². The number of aliphatic hydroxyl groups is 2. The molecule has 0 unspecified atom stereocenters. The number of benzene rings is 2. The Kier molecular flexibility index (Phi) is 11.3. The highest BCUT2D eigenvalue weighted by Gasteiger charge is 2.15. The van der Waals surface area contributed by atoms with Crippen LogP contribution in [-0.2, 0) is 9.63 Å². The number of hydrogen-bond acceptors (Lipinski definition) is 10. The summed E-state index contributed by atoms with van der Waals surface area (Å²) >= 11 is 0. The second-order valence-electron chi connectivity index (χ2n) is 7.02. The van der Waals surface area contributed by atoms with E-state index in [9.17, 15) is 25.5 Å². The zero-order valence-corrected chi connectivity index (χ0v) is 19.2. The average Bonchev–Trinajstić information content (AvgIpc) is 2.93. The summed E-state index contributed by atoms with van der Waals surface area (Å²) in [7, 11) is 0. The molecule has 10 heteroatoms. The number of nitrogens with zero attached hydrogens (tertiary/aromatic N) is 3. The third-order valence-electron chi connectivity index (χ3n) is 4.74. The highest BCUT2D eigenvalue weighted by Crippen LogP contribution is 2.27. The molecule has 0 aliphatic rings. The zero-order chi connectivity index (χ0) is 26.2. The van der Waals surface area contributed by atoms with Crippen LogP contribution in [0.5, 0.6) is 0 Å². The van der Waals surface area contributed by atoms with Gasteiger partial charge in [0.05, 0.1) is 17.2 Å². The number of carbonyl (C=O) groups excluding carboxylic acids is 1. The van der Waals surface area contributed by atoms with Gasteiger partial charge in [0.15, 0.2) is 12.2 Å². The van der Waals surface area contributed by atoms with E-state index in [4.69, 9.17) is 10.4 Å². The Morgan fingerprint density at radius 1 is 1.03 bits per heavy atom. The van der Waals surface area contributed by atoms with E-state index in [1.165, 1.54) is 6.08 Å². The molecule has 182 valence electrons. The summed E-state index contributed by atoms with van der Waals surface area (Å²) in [5, 5.41) is 44.5. The molecule has 5 N–H and O–H groups in total. The normalized spacial score (nSPS) is 12.9. The lowest BCUT2D eigenvalue weighted by Crippen LogP contribution is -2.27. The van der Waals surface area contributed by atoms with Crippen LogP contribution in [0.15, 0.2) is 101 Å². The van der Waals surface area contributed by atoms with Crippen LogP contribution in [0.25, 0.3) is 11.1 Å². The minimum atomic E-state index is -0.260. The molecule has 0 fully saturated rings. The van der Waals surface area contributed by atoms with Crippen LogP contribution < -0.4 is 10.8 Å². The first-order chi connectivity index (χ1) is 17.6. The van der Waals surface area contributed by atoms with E-state index in [-0.39, 0.29) is 53.6 Å². The highest BCUT2D eigenvalue weighted by molar-refractivity contribution is 5.96. The lowest BCUT2D eigenvalue weighted by molar-refractivity contribution is -0.104. The molecule has 0 aromatic heterocycles. The number of aliphatic hydroxyl groups excluding tert-OH is 2. The molecule has 10 nitrogen and oxygen atoms in total. The Morgan fingerprint density at radius 3 is 2.19 bits per heavy atom. The monoisotopic (exact) mass is 484 g/mol. The first-order valence-electron chi connectivity index (χ1n) is 10.6. The lowest BCUT2D eigenvalue weighted by Gasteiger charge is -2.12. The second-order valence-corrected chi connectivity index (χ2v) is 7.02. The van der Waals surface area contributed by atoms with E-state index >= 15 is 0 Å². The average molecular weight is 485 g/mol. The largest absolute Gasteiger partial charge is 0.513 e. The predicted octanol–water partition coefficient (Wildman–Crippen LogP) is 4.08. The van der Waals surface area contributed by atoms with Gasteiger partial charge in [0.1, 0.15) is 24.6 Å². The van der Waals surface area contributed by atoms with E-state index in [1.807, 2.05) is 12.1 Å². The van der Waals surface area contributed by atoms with E-state index in [1.54, 1.807) is 60.7 Å². The van der Waals surface area contributed by atoms with Gasteiger partial charge in [-0.25, -0.2) is 11.0 Å². The van der Waals surface area contributed by atoms with Crippen LogP contribution in [0.2, 0.25) is 0 Å². The molecule has 0 atom stereocenters. The van der Waals surface area contributed by atoms with Gasteiger partial charge in [-0.1, -0.05) is 60.7 Å². The smallest absolute Gasteiger partial charge is 0.184 e. The number of nitrogens with one attached hydrogen (secondary N) is 3. The molecule has 0 heterocycles. The molecule has 36 heavy (non-hydrogen) atoms. The van der Waals surface area contributed by atoms with Crippen LogP contribution in [-0.4, -0.2) is 36.2 Å². The molecule has 0 spiro atoms. The molecular weight excluding hydrogens is 460 g/mol. The standard InChI is InChI=1S/C26H24N6O4/c27-14-21(16-33)23(19-7-3-1-4-8-19)13-25(35)30-11-12-31-36-18-22(15-28)26(24(17-34)32-29)20-9-5-2-6-10-20/h1-10,13,16-17,29-31,34-35H,11-12,18H2/b23-21+,24-17-,25-13+,26-22-,32-29?. The summed E-state index contributed by atoms with van der Waals surface area (Å²) < 4.78 is 0. The number of hydrogen-bond donors (Lipinski definition) is 5. The van der Waals surface area contributed by atoms with Crippen molar-refractivity contribution in [1.29, 1.82) is 16.1 Å². The van der Waals surface area contributed by atoms with Gasteiger partial charge in [0.2, 0.25) is 0 Å². The minimum Gasteiger partial charge on any atom is -0.513 e. The van der Waals surface area contributed by atoms with Crippen molar-refractivity contribution in [3.63, 3.8) is 0 Å². The van der Waals surface area contributed by atoms with Crippen molar-refractivity contribution in [3.8, 4) is 12.1 Å². The summed E-state index contributed by atoms with van der Waals surface area (Å²) in [5.41, 5.74) is 11.6. The van der Waals surface area contributed by atoms with Crippen LogP contribution in [0, 0.1) is 28.2 Å². The maximum Gasteiger partial charge on any atom is 0.184 e. The highest BCUT2D eigenvalue weighted by atomic mass is 16.6. The van der Waals surface area contributed by atoms with Gasteiger partial charge < -0.3 is 15.5 Å². The van der Waals surface area contributed by atoms with Gasteiger partial charge in [-0.05, 0) is 11.1 Å². The Morgan fingerprint density at radius 2 is 1.67 bits per heavy atom. The summed E-state index contributed by atoms with van der Waals surface area (Å²) in [5.74, 6) is -0.260. The zero-order valence-electron chi connectivity index (χ0n) is 19.2.